The van der Waals surface area contributed by atoms with Crippen molar-refractivity contribution in [3.05, 3.63) is 0 Å². The van der Waals surface area contributed by atoms with Crippen LogP contribution in [0.1, 0.15) is 6.92 Å². The summed E-state index contributed by atoms with van der Waals surface area (Å²) in [6.07, 6.45) is -12.8. The molecule has 0 aromatic rings. The Bertz CT molecular complexity index is 382. The lowest BCUT2D eigenvalue weighted by Gasteiger charge is -2.45. The molecule has 2 aliphatic heterocycles. The van der Waals surface area contributed by atoms with Gasteiger partial charge in [-0.15, -0.1) is 0 Å². The molecule has 0 aromatic carbocycles. The van der Waals surface area contributed by atoms with Gasteiger partial charge in [-0.25, -0.2) is 0 Å². The Morgan fingerprint density at radius 2 is 1.52 bits per heavy atom. The summed E-state index contributed by atoms with van der Waals surface area (Å²) < 4.78 is 20.8. The Morgan fingerprint density at radius 3 is 2.09 bits per heavy atom. The van der Waals surface area contributed by atoms with Gasteiger partial charge in [-0.3, -0.25) is 0 Å². The van der Waals surface area contributed by atoms with Gasteiger partial charge in [0.15, 0.2) is 12.6 Å². The predicted molar refractivity (Wildman–Crippen MR) is 72.0 cm³/mol. The fourth-order valence-electron chi connectivity index (χ4n) is 2.75. The largest absolute Gasteiger partial charge is 0.394 e. The van der Waals surface area contributed by atoms with Gasteiger partial charge in [0.25, 0.3) is 0 Å². The molecule has 10 atom stereocenters. The number of hydrogen-bond donors (Lipinski definition) is 6. The predicted octanol–water partition coefficient (Wildman–Crippen LogP) is -3.72. The van der Waals surface area contributed by atoms with Gasteiger partial charge in [0.05, 0.1) is 12.7 Å². The third kappa shape index (κ3) is 3.66. The summed E-state index contributed by atoms with van der Waals surface area (Å²) in [5.41, 5.74) is 0. The van der Waals surface area contributed by atoms with Crippen LogP contribution >= 0.6 is 0 Å². The van der Waals surface area contributed by atoms with Crippen LogP contribution in [0, 0.1) is 0 Å². The molecule has 1 unspecified atom stereocenters. The van der Waals surface area contributed by atoms with Crippen LogP contribution in [-0.2, 0) is 18.9 Å². The molecule has 0 amide bonds. The van der Waals surface area contributed by atoms with Gasteiger partial charge in [0.2, 0.25) is 0 Å². The van der Waals surface area contributed by atoms with Gasteiger partial charge in [-0.05, 0) is 6.92 Å². The number of hydrogen-bond acceptors (Lipinski definition) is 10. The first-order chi connectivity index (χ1) is 10.8. The summed E-state index contributed by atoms with van der Waals surface area (Å²) in [6.45, 7) is 0.917. The Morgan fingerprint density at radius 1 is 0.870 bits per heavy atom. The fourth-order valence-corrected chi connectivity index (χ4v) is 2.75. The van der Waals surface area contributed by atoms with Crippen LogP contribution in [-0.4, -0.2) is 106 Å². The molecule has 2 saturated heterocycles. The molecule has 10 heteroatoms. The monoisotopic (exact) mass is 340 g/mol. The molecule has 2 aliphatic rings. The average Bonchev–Trinajstić information content (AvgIpc) is 2.53. The second-order valence-electron chi connectivity index (χ2n) is 5.72. The lowest BCUT2D eigenvalue weighted by molar-refractivity contribution is -0.354. The van der Waals surface area contributed by atoms with E-state index in [1.165, 1.54) is 14.0 Å². The molecule has 23 heavy (non-hydrogen) atoms. The topological polar surface area (TPSA) is 158 Å². The summed E-state index contributed by atoms with van der Waals surface area (Å²) in [4.78, 5) is 0. The maximum Gasteiger partial charge on any atom is 0.187 e. The maximum atomic E-state index is 10.1. The van der Waals surface area contributed by atoms with Crippen molar-refractivity contribution in [2.45, 2.75) is 68.3 Å². The molecule has 10 nitrogen and oxygen atoms in total. The summed E-state index contributed by atoms with van der Waals surface area (Å²) in [6, 6.07) is 0. The zero-order chi connectivity index (χ0) is 17.3. The fraction of sp³-hybridized carbons (Fsp3) is 1.00. The van der Waals surface area contributed by atoms with Crippen LogP contribution in [0.15, 0.2) is 0 Å². The summed E-state index contributed by atoms with van der Waals surface area (Å²) >= 11 is 0. The van der Waals surface area contributed by atoms with E-state index in [9.17, 15) is 25.5 Å². The van der Waals surface area contributed by atoms with Crippen LogP contribution in [0.25, 0.3) is 0 Å². The average molecular weight is 340 g/mol. The van der Waals surface area contributed by atoms with E-state index in [1.807, 2.05) is 0 Å². The molecule has 2 fully saturated rings. The van der Waals surface area contributed by atoms with E-state index in [1.54, 1.807) is 0 Å². The molecule has 0 aliphatic carbocycles. The highest BCUT2D eigenvalue weighted by Gasteiger charge is 2.50. The summed E-state index contributed by atoms with van der Waals surface area (Å²) in [5.74, 6) is 0. The van der Waals surface area contributed by atoms with Crippen molar-refractivity contribution in [2.24, 2.45) is 0 Å². The number of aliphatic hydroxyl groups is 6. The highest BCUT2D eigenvalue weighted by molar-refractivity contribution is 4.93. The minimum atomic E-state index is -1.67. The van der Waals surface area contributed by atoms with E-state index >= 15 is 0 Å². The number of rotatable bonds is 4. The standard InChI is InChI=1S/C13H24O10/c1-4-6(15)8(17)11(20-2)13(21-4)23-10-7(16)5(3-14)22-12(19)9(10)18/h4-19H,3H2,1-2H3/t4-,5+,6+,7+,8+,9+,10-,11-,12?,13-/m0/s1. The van der Waals surface area contributed by atoms with E-state index in [4.69, 9.17) is 24.1 Å². The molecule has 6 N–H and O–H groups in total. The van der Waals surface area contributed by atoms with Crippen molar-refractivity contribution in [3.63, 3.8) is 0 Å². The number of ether oxygens (including phenoxy) is 4. The number of methoxy groups -OCH3 is 1. The van der Waals surface area contributed by atoms with Gasteiger partial charge in [-0.1, -0.05) is 0 Å². The second kappa shape index (κ2) is 7.66. The smallest absolute Gasteiger partial charge is 0.187 e. The van der Waals surface area contributed by atoms with Gasteiger partial charge >= 0.3 is 0 Å². The zero-order valence-corrected chi connectivity index (χ0v) is 12.8. The van der Waals surface area contributed by atoms with Crippen LogP contribution in [0.5, 0.6) is 0 Å². The van der Waals surface area contributed by atoms with Crippen molar-refractivity contribution in [1.82, 2.24) is 0 Å². The molecular formula is C13H24O10. The maximum absolute atomic E-state index is 10.1. The van der Waals surface area contributed by atoms with E-state index in [0.717, 1.165) is 0 Å². The van der Waals surface area contributed by atoms with Crippen LogP contribution in [0.2, 0.25) is 0 Å². The van der Waals surface area contributed by atoms with Crippen LogP contribution < -0.4 is 0 Å². The van der Waals surface area contributed by atoms with E-state index < -0.39 is 68.0 Å². The van der Waals surface area contributed by atoms with Crippen molar-refractivity contribution in [1.29, 1.82) is 0 Å². The highest BCUT2D eigenvalue weighted by Crippen LogP contribution is 2.29. The second-order valence-corrected chi connectivity index (χ2v) is 5.72. The third-order valence-electron chi connectivity index (χ3n) is 4.19. The van der Waals surface area contributed by atoms with Crippen molar-refractivity contribution < 1.29 is 49.6 Å². The Labute approximate surface area is 132 Å². The first-order valence-electron chi connectivity index (χ1n) is 7.32. The quantitative estimate of drug-likeness (QED) is 0.300. The van der Waals surface area contributed by atoms with Gasteiger partial charge in [0, 0.05) is 7.11 Å². The van der Waals surface area contributed by atoms with Crippen LogP contribution in [0.4, 0.5) is 0 Å². The van der Waals surface area contributed by atoms with E-state index in [0.29, 0.717) is 0 Å². The molecule has 136 valence electrons. The molecule has 0 aromatic heterocycles. The van der Waals surface area contributed by atoms with Crippen molar-refractivity contribution in [2.75, 3.05) is 13.7 Å². The normalized spacial score (nSPS) is 51.7. The Hall–Kier alpha value is -0.400. The van der Waals surface area contributed by atoms with Crippen LogP contribution in [0.3, 0.4) is 0 Å². The minimum Gasteiger partial charge on any atom is -0.394 e. The zero-order valence-electron chi connectivity index (χ0n) is 12.8. The highest BCUT2D eigenvalue weighted by atomic mass is 16.7. The van der Waals surface area contributed by atoms with Gasteiger partial charge in [-0.2, -0.15) is 0 Å². The molecule has 0 saturated carbocycles. The Kier molecular flexibility index (Phi) is 6.30. The molecular weight excluding hydrogens is 316 g/mol. The third-order valence-corrected chi connectivity index (χ3v) is 4.19. The molecule has 0 radical (unpaired) electrons. The van der Waals surface area contributed by atoms with Crippen molar-refractivity contribution in [3.8, 4) is 0 Å². The summed E-state index contributed by atoms with van der Waals surface area (Å²) in [7, 11) is 1.28. The van der Waals surface area contributed by atoms with Crippen molar-refractivity contribution >= 4 is 0 Å². The van der Waals surface area contributed by atoms with Gasteiger partial charge < -0.3 is 49.6 Å². The molecule has 0 spiro atoms. The van der Waals surface area contributed by atoms with Gasteiger partial charge in [0.1, 0.15) is 42.7 Å². The van der Waals surface area contributed by atoms with E-state index in [2.05, 4.69) is 0 Å². The molecule has 2 rings (SSSR count). The first-order valence-corrected chi connectivity index (χ1v) is 7.32. The number of aliphatic hydroxyl groups excluding tert-OH is 6. The molecule has 0 bridgehead atoms. The first kappa shape index (κ1) is 18.9. The SMILES string of the molecule is CO[C@@H]1[C@H](O[C@H]2[C@H](O)[C@@H](CO)OC(O)[C@@H]2O)O[C@@H](C)[C@@H](O)[C@H]1O. The summed E-state index contributed by atoms with van der Waals surface area (Å²) in [5, 5.41) is 58.6. The lowest BCUT2D eigenvalue weighted by atomic mass is 9.97. The van der Waals surface area contributed by atoms with E-state index in [-0.39, 0.29) is 0 Å². The molecule has 2 heterocycles. The lowest BCUT2D eigenvalue weighted by Crippen LogP contribution is -2.64. The minimum absolute atomic E-state index is 0.595. The Balaban J connectivity index is 2.14.